The smallest absolute Gasteiger partial charge is 0.230 e. The molecule has 0 fully saturated rings. The van der Waals surface area contributed by atoms with Crippen LogP contribution in [0.4, 0.5) is 0 Å². The number of carbonyl (C=O) groups is 1. The highest BCUT2D eigenvalue weighted by Gasteiger charge is 2.12. The highest BCUT2D eigenvalue weighted by molar-refractivity contribution is 5.99. The molecule has 0 amide bonds. The second-order valence-electron chi connectivity index (χ2n) is 6.69. The van der Waals surface area contributed by atoms with Gasteiger partial charge in [-0.2, -0.15) is 0 Å². The van der Waals surface area contributed by atoms with Crippen LogP contribution in [-0.4, -0.2) is 24.5 Å². The zero-order valence-corrected chi connectivity index (χ0v) is 16.0. The minimum Gasteiger partial charge on any atom is -0.495 e. The molecule has 5 nitrogen and oxygen atoms in total. The lowest BCUT2D eigenvalue weighted by atomic mass is 10.1. The first kappa shape index (κ1) is 18.7. The molecule has 0 atom stereocenters. The molecule has 2 aromatic heterocycles. The Morgan fingerprint density at radius 3 is 2.74 bits per heavy atom. The van der Waals surface area contributed by atoms with Gasteiger partial charge in [-0.15, -0.1) is 0 Å². The number of fused-ring (bicyclic) bond motifs is 2. The molecule has 0 radical (unpaired) electrons. The number of pyridine rings is 1. The predicted molar refractivity (Wildman–Crippen MR) is 106 cm³/mol. The van der Waals surface area contributed by atoms with Gasteiger partial charge in [0, 0.05) is 17.9 Å². The van der Waals surface area contributed by atoms with Crippen molar-refractivity contribution in [2.75, 3.05) is 13.7 Å². The molecular weight excluding hydrogens is 342 g/mol. The van der Waals surface area contributed by atoms with E-state index in [1.807, 2.05) is 51.1 Å². The molecule has 5 heteroatoms. The summed E-state index contributed by atoms with van der Waals surface area (Å²) in [6.45, 7) is 6.15. The van der Waals surface area contributed by atoms with Crippen molar-refractivity contribution in [1.82, 2.24) is 4.98 Å². The largest absolute Gasteiger partial charge is 0.495 e. The summed E-state index contributed by atoms with van der Waals surface area (Å²) in [5.41, 5.74) is 3.26. The summed E-state index contributed by atoms with van der Waals surface area (Å²) in [7, 11) is 1.63. The summed E-state index contributed by atoms with van der Waals surface area (Å²) in [4.78, 5) is 16.3. The highest BCUT2D eigenvalue weighted by atomic mass is 16.5. The van der Waals surface area contributed by atoms with E-state index in [0.29, 0.717) is 24.5 Å². The number of allylic oxidation sites excluding steroid dienone is 3. The standard InChI is InChI=1S/C22H23NO4/c1-14(2)11-16(24)12-15(3)7-9-26-17-5-6-18-20(13-17)23-22-19(8-10-27-22)21(18)25-4/h5-8,10-11,13H,9,12H2,1-4H3/b15-7+. The number of rotatable bonds is 7. The summed E-state index contributed by atoms with van der Waals surface area (Å²) in [6.07, 6.45) is 5.59. The molecule has 0 saturated heterocycles. The predicted octanol–water partition coefficient (Wildman–Crippen LogP) is 5.24. The Hall–Kier alpha value is -3.08. The van der Waals surface area contributed by atoms with Gasteiger partial charge in [-0.1, -0.05) is 11.1 Å². The van der Waals surface area contributed by atoms with E-state index in [1.54, 1.807) is 19.4 Å². The third kappa shape index (κ3) is 4.37. The minimum atomic E-state index is 0.105. The van der Waals surface area contributed by atoms with E-state index < -0.39 is 0 Å². The van der Waals surface area contributed by atoms with Gasteiger partial charge in [0.25, 0.3) is 0 Å². The van der Waals surface area contributed by atoms with Crippen LogP contribution in [0, 0.1) is 0 Å². The quantitative estimate of drug-likeness (QED) is 0.423. The molecular formula is C22H23NO4. The van der Waals surface area contributed by atoms with Crippen LogP contribution in [0.2, 0.25) is 0 Å². The summed E-state index contributed by atoms with van der Waals surface area (Å²) in [5, 5.41) is 1.75. The monoisotopic (exact) mass is 365 g/mol. The van der Waals surface area contributed by atoms with Gasteiger partial charge in [0.1, 0.15) is 18.1 Å². The maximum Gasteiger partial charge on any atom is 0.230 e. The molecule has 0 spiro atoms. The van der Waals surface area contributed by atoms with Crippen LogP contribution in [0.5, 0.6) is 11.5 Å². The van der Waals surface area contributed by atoms with E-state index in [4.69, 9.17) is 13.9 Å². The topological polar surface area (TPSA) is 61.6 Å². The first-order chi connectivity index (χ1) is 13.0. The first-order valence-corrected chi connectivity index (χ1v) is 8.79. The number of carbonyl (C=O) groups excluding carboxylic acids is 1. The lowest BCUT2D eigenvalue weighted by Crippen LogP contribution is -1.99. The first-order valence-electron chi connectivity index (χ1n) is 8.79. The van der Waals surface area contributed by atoms with Crippen molar-refractivity contribution in [2.24, 2.45) is 0 Å². The van der Waals surface area contributed by atoms with Crippen LogP contribution >= 0.6 is 0 Å². The van der Waals surface area contributed by atoms with Crippen LogP contribution in [0.15, 0.2) is 58.2 Å². The third-order valence-electron chi connectivity index (χ3n) is 4.11. The molecule has 0 unspecified atom stereocenters. The Kier molecular flexibility index (Phi) is 5.60. The van der Waals surface area contributed by atoms with Gasteiger partial charge in [-0.05, 0) is 51.1 Å². The third-order valence-corrected chi connectivity index (χ3v) is 4.11. The number of hydrogen-bond donors (Lipinski definition) is 0. The van der Waals surface area contributed by atoms with Crippen molar-refractivity contribution in [1.29, 1.82) is 0 Å². The molecule has 27 heavy (non-hydrogen) atoms. The van der Waals surface area contributed by atoms with Gasteiger partial charge in [0.2, 0.25) is 5.71 Å². The molecule has 3 rings (SSSR count). The highest BCUT2D eigenvalue weighted by Crippen LogP contribution is 2.34. The Bertz CT molecular complexity index is 1040. The fourth-order valence-electron chi connectivity index (χ4n) is 2.92. The zero-order valence-electron chi connectivity index (χ0n) is 16.0. The van der Waals surface area contributed by atoms with Crippen LogP contribution in [0.1, 0.15) is 27.2 Å². The Morgan fingerprint density at radius 2 is 2.00 bits per heavy atom. The minimum absolute atomic E-state index is 0.105. The van der Waals surface area contributed by atoms with Gasteiger partial charge < -0.3 is 13.9 Å². The van der Waals surface area contributed by atoms with E-state index in [0.717, 1.165) is 33.2 Å². The van der Waals surface area contributed by atoms with E-state index in [9.17, 15) is 4.79 Å². The van der Waals surface area contributed by atoms with Crippen molar-refractivity contribution < 1.29 is 18.7 Å². The number of ketones is 1. The summed E-state index contributed by atoms with van der Waals surface area (Å²) in [6, 6.07) is 7.51. The van der Waals surface area contributed by atoms with Crippen molar-refractivity contribution in [3.05, 3.63) is 53.8 Å². The summed E-state index contributed by atoms with van der Waals surface area (Å²) >= 11 is 0. The number of hydrogen-bond acceptors (Lipinski definition) is 5. The van der Waals surface area contributed by atoms with Crippen LogP contribution < -0.4 is 9.47 Å². The van der Waals surface area contributed by atoms with Gasteiger partial charge in [0.05, 0.1) is 24.3 Å². The van der Waals surface area contributed by atoms with Gasteiger partial charge in [0.15, 0.2) is 5.78 Å². The average molecular weight is 365 g/mol. The molecule has 0 aliphatic rings. The van der Waals surface area contributed by atoms with E-state index >= 15 is 0 Å². The molecule has 3 aromatic rings. The Balaban J connectivity index is 1.74. The maximum atomic E-state index is 11.8. The van der Waals surface area contributed by atoms with Crippen molar-refractivity contribution in [3.8, 4) is 11.5 Å². The summed E-state index contributed by atoms with van der Waals surface area (Å²) in [5.74, 6) is 1.54. The lowest BCUT2D eigenvalue weighted by molar-refractivity contribution is -0.114. The van der Waals surface area contributed by atoms with E-state index in [2.05, 4.69) is 4.98 Å². The van der Waals surface area contributed by atoms with Gasteiger partial charge >= 0.3 is 0 Å². The Morgan fingerprint density at radius 1 is 1.19 bits per heavy atom. The van der Waals surface area contributed by atoms with Crippen LogP contribution in [0.25, 0.3) is 22.0 Å². The molecule has 2 heterocycles. The zero-order chi connectivity index (χ0) is 19.4. The SMILES string of the molecule is COc1c2ccc(OC/C=C(\C)CC(=O)C=C(C)C)cc2nc2occc12. The maximum absolute atomic E-state index is 11.8. The van der Waals surface area contributed by atoms with Crippen molar-refractivity contribution in [2.45, 2.75) is 27.2 Å². The number of aromatic nitrogens is 1. The lowest BCUT2D eigenvalue weighted by Gasteiger charge is -2.09. The molecule has 0 N–H and O–H groups in total. The number of methoxy groups -OCH3 is 1. The molecule has 1 aromatic carbocycles. The van der Waals surface area contributed by atoms with E-state index in [1.165, 1.54) is 0 Å². The molecule has 0 aliphatic carbocycles. The second kappa shape index (κ2) is 8.08. The number of ether oxygens (including phenoxy) is 2. The number of furan rings is 1. The molecule has 0 saturated carbocycles. The fourth-order valence-corrected chi connectivity index (χ4v) is 2.92. The van der Waals surface area contributed by atoms with Gasteiger partial charge in [-0.25, -0.2) is 4.98 Å². The van der Waals surface area contributed by atoms with Gasteiger partial charge in [-0.3, -0.25) is 4.79 Å². The van der Waals surface area contributed by atoms with E-state index in [-0.39, 0.29) is 5.78 Å². The van der Waals surface area contributed by atoms with Crippen LogP contribution in [0.3, 0.4) is 0 Å². The number of nitrogens with zero attached hydrogens (tertiary/aromatic N) is 1. The fraction of sp³-hybridized carbons (Fsp3) is 0.273. The second-order valence-corrected chi connectivity index (χ2v) is 6.69. The summed E-state index contributed by atoms with van der Waals surface area (Å²) < 4.78 is 16.7. The van der Waals surface area contributed by atoms with Crippen molar-refractivity contribution in [3.63, 3.8) is 0 Å². The average Bonchev–Trinajstić information content (AvgIpc) is 3.06. The van der Waals surface area contributed by atoms with Crippen LogP contribution in [-0.2, 0) is 4.79 Å². The van der Waals surface area contributed by atoms with Crippen molar-refractivity contribution >= 4 is 27.8 Å². The number of benzene rings is 1. The normalized spacial score (nSPS) is 11.6. The molecule has 140 valence electrons. The molecule has 0 bridgehead atoms. The Labute approximate surface area is 158 Å². The molecule has 0 aliphatic heterocycles.